The van der Waals surface area contributed by atoms with Gasteiger partial charge in [-0.05, 0) is 42.9 Å². The van der Waals surface area contributed by atoms with Gasteiger partial charge in [-0.15, -0.1) is 0 Å². The van der Waals surface area contributed by atoms with E-state index in [1.807, 2.05) is 32.0 Å². The molecule has 0 aliphatic carbocycles. The molecule has 0 aliphatic heterocycles. The fraction of sp³-hybridized carbons (Fsp3) is 0.250. The van der Waals surface area contributed by atoms with E-state index in [1.165, 1.54) is 6.07 Å². The summed E-state index contributed by atoms with van der Waals surface area (Å²) in [6.07, 6.45) is 2.35. The van der Waals surface area contributed by atoms with Gasteiger partial charge in [-0.3, -0.25) is 14.5 Å². The Kier molecular flexibility index (Phi) is 8.38. The third-order valence-corrected chi connectivity index (χ3v) is 4.93. The zero-order valence-corrected chi connectivity index (χ0v) is 17.6. The number of hydrogen-bond acceptors (Lipinski definition) is 6. The molecule has 0 aliphatic rings. The molecule has 0 saturated carbocycles. The van der Waals surface area contributed by atoms with Gasteiger partial charge in [0.05, 0.1) is 12.7 Å². The Morgan fingerprint density at radius 2 is 1.83 bits per heavy atom. The van der Waals surface area contributed by atoms with Crippen molar-refractivity contribution < 1.29 is 24.2 Å². The van der Waals surface area contributed by atoms with E-state index in [0.29, 0.717) is 52.9 Å². The largest absolute Gasteiger partial charge is 0.507 e. The summed E-state index contributed by atoms with van der Waals surface area (Å²) >= 11 is 0. The molecule has 2 aromatic carbocycles. The number of rotatable bonds is 11. The molecule has 0 amide bonds. The van der Waals surface area contributed by atoms with E-state index in [2.05, 4.69) is 11.5 Å². The Bertz CT molecular complexity index is 945. The smallest absolute Gasteiger partial charge is 0.298 e. The first-order valence-electron chi connectivity index (χ1n) is 9.67. The summed E-state index contributed by atoms with van der Waals surface area (Å²) in [7, 11) is 1.55. The molecular weight excluding hydrogens is 382 g/mol. The Morgan fingerprint density at radius 3 is 2.43 bits per heavy atom. The van der Waals surface area contributed by atoms with E-state index in [-0.39, 0.29) is 11.5 Å². The highest BCUT2D eigenvalue weighted by Crippen LogP contribution is 2.38. The van der Waals surface area contributed by atoms with Gasteiger partial charge in [0.15, 0.2) is 6.29 Å². The number of allylic oxidation sites excluding steroid dienone is 2. The minimum absolute atomic E-state index is 0.0108. The van der Waals surface area contributed by atoms with Gasteiger partial charge >= 0.3 is 0 Å². The van der Waals surface area contributed by atoms with Crippen LogP contribution in [-0.4, -0.2) is 43.0 Å². The summed E-state index contributed by atoms with van der Waals surface area (Å²) in [6.45, 7) is 10.3. The van der Waals surface area contributed by atoms with Crippen LogP contribution in [0.3, 0.4) is 0 Å². The Hall–Kier alpha value is -3.38. The Balaban J connectivity index is 2.57. The van der Waals surface area contributed by atoms with Crippen molar-refractivity contribution in [1.29, 1.82) is 0 Å². The molecule has 0 saturated heterocycles. The van der Waals surface area contributed by atoms with Crippen LogP contribution in [0.1, 0.15) is 30.5 Å². The summed E-state index contributed by atoms with van der Waals surface area (Å²) in [4.78, 5) is 25.2. The number of nitrogens with zero attached hydrogens (tertiary/aromatic N) is 1. The van der Waals surface area contributed by atoms with E-state index < -0.39 is 0 Å². The molecule has 0 fully saturated rings. The van der Waals surface area contributed by atoms with Crippen molar-refractivity contribution >= 4 is 24.4 Å². The van der Waals surface area contributed by atoms with Gasteiger partial charge in [0.2, 0.25) is 0 Å². The molecule has 6 heteroatoms. The topological polar surface area (TPSA) is 76.1 Å². The van der Waals surface area contributed by atoms with Crippen molar-refractivity contribution in [2.45, 2.75) is 20.4 Å². The summed E-state index contributed by atoms with van der Waals surface area (Å²) in [5.74, 6) is 0.813. The van der Waals surface area contributed by atoms with Crippen molar-refractivity contribution in [3.05, 3.63) is 65.2 Å². The Labute approximate surface area is 177 Å². The Morgan fingerprint density at radius 1 is 1.13 bits per heavy atom. The molecule has 158 valence electrons. The van der Waals surface area contributed by atoms with E-state index in [4.69, 9.17) is 9.47 Å². The lowest BCUT2D eigenvalue weighted by Gasteiger charge is -2.22. The van der Waals surface area contributed by atoms with Crippen LogP contribution in [0.25, 0.3) is 11.6 Å². The number of methoxy groups -OCH3 is 1. The molecule has 0 aromatic heterocycles. The van der Waals surface area contributed by atoms with Crippen molar-refractivity contribution in [3.8, 4) is 17.2 Å². The van der Waals surface area contributed by atoms with Gasteiger partial charge in [0.1, 0.15) is 17.2 Å². The lowest BCUT2D eigenvalue weighted by atomic mass is 9.95. The number of benzene rings is 2. The SMILES string of the molecule is C=C(/C(C=O)=C/c1ccccc1OC)c1ccc(O)c(CN(CC)CC)c1OC=O. The number of phenols is 1. The summed E-state index contributed by atoms with van der Waals surface area (Å²) in [5.41, 5.74) is 2.30. The van der Waals surface area contributed by atoms with Gasteiger partial charge < -0.3 is 14.6 Å². The third-order valence-electron chi connectivity index (χ3n) is 4.93. The van der Waals surface area contributed by atoms with Crippen LogP contribution < -0.4 is 9.47 Å². The molecule has 0 spiro atoms. The lowest BCUT2D eigenvalue weighted by molar-refractivity contribution is -0.120. The van der Waals surface area contributed by atoms with Gasteiger partial charge in [-0.1, -0.05) is 38.6 Å². The van der Waals surface area contributed by atoms with Gasteiger partial charge in [0, 0.05) is 23.2 Å². The molecule has 30 heavy (non-hydrogen) atoms. The highest BCUT2D eigenvalue weighted by Gasteiger charge is 2.20. The van der Waals surface area contributed by atoms with Crippen LogP contribution in [0, 0.1) is 0 Å². The number of para-hydroxylation sites is 1. The molecule has 0 bridgehead atoms. The standard InChI is InChI=1S/C24H27NO5/c1-5-25(6-2)14-21-22(28)12-11-20(24(21)30-16-27)17(3)19(15-26)13-18-9-7-8-10-23(18)29-4/h7-13,15-16,28H,3,5-6,14H2,1-2,4H3/b19-13+. The van der Waals surface area contributed by atoms with Crippen molar-refractivity contribution in [2.24, 2.45) is 0 Å². The first-order chi connectivity index (χ1) is 14.5. The zero-order valence-electron chi connectivity index (χ0n) is 17.6. The molecule has 0 heterocycles. The second-order valence-corrected chi connectivity index (χ2v) is 6.55. The monoisotopic (exact) mass is 409 g/mol. The average molecular weight is 409 g/mol. The molecule has 2 rings (SSSR count). The fourth-order valence-electron chi connectivity index (χ4n) is 3.16. The number of carbonyl (C=O) groups is 2. The number of ether oxygens (including phenoxy) is 2. The maximum absolute atomic E-state index is 11.9. The van der Waals surface area contributed by atoms with Crippen LogP contribution in [-0.2, 0) is 16.1 Å². The minimum Gasteiger partial charge on any atom is -0.507 e. The summed E-state index contributed by atoms with van der Waals surface area (Å²) in [6, 6.07) is 10.4. The quantitative estimate of drug-likeness (QED) is 0.342. The number of carbonyl (C=O) groups excluding carboxylic acids is 2. The van der Waals surface area contributed by atoms with Crippen molar-refractivity contribution in [3.63, 3.8) is 0 Å². The van der Waals surface area contributed by atoms with Crippen LogP contribution in [0.15, 0.2) is 48.6 Å². The number of aldehydes is 1. The van der Waals surface area contributed by atoms with Crippen LogP contribution in [0.4, 0.5) is 0 Å². The molecule has 0 unspecified atom stereocenters. The molecule has 2 aromatic rings. The molecule has 1 N–H and O–H groups in total. The molecule has 0 atom stereocenters. The predicted octanol–water partition coefficient (Wildman–Crippen LogP) is 4.07. The third kappa shape index (κ3) is 5.15. The summed E-state index contributed by atoms with van der Waals surface area (Å²) in [5, 5.41) is 10.4. The van der Waals surface area contributed by atoms with E-state index >= 15 is 0 Å². The maximum atomic E-state index is 11.9. The van der Waals surface area contributed by atoms with Crippen molar-refractivity contribution in [2.75, 3.05) is 20.2 Å². The van der Waals surface area contributed by atoms with Crippen LogP contribution in [0.2, 0.25) is 0 Å². The molecule has 0 radical (unpaired) electrons. The first-order valence-corrected chi connectivity index (χ1v) is 9.67. The van der Waals surface area contributed by atoms with E-state index in [9.17, 15) is 14.7 Å². The fourth-order valence-corrected chi connectivity index (χ4v) is 3.16. The number of phenolic OH excluding ortho intramolecular Hbond substituents is 1. The van der Waals surface area contributed by atoms with Crippen LogP contribution in [0.5, 0.6) is 17.2 Å². The molecular formula is C24H27NO5. The second kappa shape index (κ2) is 11.0. The van der Waals surface area contributed by atoms with Gasteiger partial charge in [0.25, 0.3) is 6.47 Å². The average Bonchev–Trinajstić information content (AvgIpc) is 2.77. The summed E-state index contributed by atoms with van der Waals surface area (Å²) < 4.78 is 10.6. The second-order valence-electron chi connectivity index (χ2n) is 6.55. The molecule has 6 nitrogen and oxygen atoms in total. The zero-order chi connectivity index (χ0) is 22.1. The van der Waals surface area contributed by atoms with Gasteiger partial charge in [-0.25, -0.2) is 0 Å². The predicted molar refractivity (Wildman–Crippen MR) is 117 cm³/mol. The number of aromatic hydroxyl groups is 1. The normalized spacial score (nSPS) is 11.3. The lowest BCUT2D eigenvalue weighted by Crippen LogP contribution is -2.22. The minimum atomic E-state index is 0.0108. The highest BCUT2D eigenvalue weighted by atomic mass is 16.5. The van der Waals surface area contributed by atoms with E-state index in [1.54, 1.807) is 25.3 Å². The highest BCUT2D eigenvalue weighted by molar-refractivity contribution is 6.04. The first kappa shape index (κ1) is 22.9. The van der Waals surface area contributed by atoms with Crippen LogP contribution >= 0.6 is 0 Å². The maximum Gasteiger partial charge on any atom is 0.298 e. The van der Waals surface area contributed by atoms with Crippen molar-refractivity contribution in [1.82, 2.24) is 4.90 Å². The van der Waals surface area contributed by atoms with Gasteiger partial charge in [-0.2, -0.15) is 0 Å². The number of hydrogen-bond donors (Lipinski definition) is 1. The van der Waals surface area contributed by atoms with E-state index in [0.717, 1.165) is 13.1 Å².